The minimum atomic E-state index is 0. The predicted octanol–water partition coefficient (Wildman–Crippen LogP) is 3.15. The van der Waals surface area contributed by atoms with Crippen LogP contribution in [-0.4, -0.2) is 73.7 Å². The lowest BCUT2D eigenvalue weighted by atomic mass is 9.97. The van der Waals surface area contributed by atoms with Crippen molar-refractivity contribution in [3.63, 3.8) is 0 Å². The van der Waals surface area contributed by atoms with Crippen molar-refractivity contribution >= 4 is 29.9 Å². The van der Waals surface area contributed by atoms with E-state index in [0.717, 1.165) is 25.0 Å². The number of piperidine rings is 2. The molecule has 2 aliphatic rings. The lowest BCUT2D eigenvalue weighted by Gasteiger charge is -2.41. The van der Waals surface area contributed by atoms with Crippen LogP contribution in [0.15, 0.2) is 4.99 Å². The van der Waals surface area contributed by atoms with Crippen molar-refractivity contribution in [2.75, 3.05) is 46.3 Å². The van der Waals surface area contributed by atoms with Crippen molar-refractivity contribution in [1.29, 1.82) is 0 Å². The van der Waals surface area contributed by atoms with Crippen LogP contribution in [-0.2, 0) is 0 Å². The molecule has 0 bridgehead atoms. The Labute approximate surface area is 178 Å². The Morgan fingerprint density at radius 3 is 2.38 bits per heavy atom. The van der Waals surface area contributed by atoms with Gasteiger partial charge in [0, 0.05) is 38.3 Å². The second-order valence-corrected chi connectivity index (χ2v) is 8.76. The van der Waals surface area contributed by atoms with Gasteiger partial charge >= 0.3 is 0 Å². The van der Waals surface area contributed by atoms with Gasteiger partial charge in [-0.2, -0.15) is 0 Å². The summed E-state index contributed by atoms with van der Waals surface area (Å²) in [4.78, 5) is 9.66. The highest BCUT2D eigenvalue weighted by atomic mass is 127. The van der Waals surface area contributed by atoms with E-state index in [1.165, 1.54) is 58.3 Å². The maximum atomic E-state index is 4.44. The zero-order valence-corrected chi connectivity index (χ0v) is 20.0. The van der Waals surface area contributed by atoms with Gasteiger partial charge in [-0.3, -0.25) is 9.89 Å². The van der Waals surface area contributed by atoms with E-state index in [9.17, 15) is 0 Å². The van der Waals surface area contributed by atoms with Crippen molar-refractivity contribution in [3.05, 3.63) is 0 Å². The van der Waals surface area contributed by atoms with Gasteiger partial charge in [-0.05, 0) is 78.9 Å². The summed E-state index contributed by atoms with van der Waals surface area (Å²) in [5.74, 6) is 1.68. The molecule has 2 rings (SSSR count). The van der Waals surface area contributed by atoms with Crippen LogP contribution in [0.5, 0.6) is 0 Å². The maximum Gasteiger partial charge on any atom is 0.191 e. The summed E-state index contributed by atoms with van der Waals surface area (Å²) >= 11 is 0. The van der Waals surface area contributed by atoms with Crippen molar-refractivity contribution < 1.29 is 0 Å². The van der Waals surface area contributed by atoms with Crippen LogP contribution in [0.1, 0.15) is 59.8 Å². The number of likely N-dealkylation sites (tertiary alicyclic amines) is 2. The molecular weight excluding hydrogens is 437 g/mol. The van der Waals surface area contributed by atoms with Gasteiger partial charge in [0.2, 0.25) is 0 Å². The average Bonchev–Trinajstić information content (AvgIpc) is 2.63. The Bertz CT molecular complexity index is 418. The summed E-state index contributed by atoms with van der Waals surface area (Å²) in [5.41, 5.74) is 0.178. The fourth-order valence-corrected chi connectivity index (χ4v) is 4.11. The molecule has 6 heteroatoms. The van der Waals surface area contributed by atoms with E-state index in [2.05, 4.69) is 53.1 Å². The summed E-state index contributed by atoms with van der Waals surface area (Å²) in [5, 5.41) is 7.13. The number of hydrogen-bond donors (Lipinski definition) is 2. The topological polar surface area (TPSA) is 42.9 Å². The SMILES string of the molecule is CN=C(NCC1CCCN(C(C)C)C1)NCC(C)(C)N1CCCCC1.I. The van der Waals surface area contributed by atoms with Gasteiger partial charge in [0.1, 0.15) is 0 Å². The molecule has 0 aliphatic carbocycles. The van der Waals surface area contributed by atoms with E-state index < -0.39 is 0 Å². The molecule has 0 amide bonds. The minimum Gasteiger partial charge on any atom is -0.356 e. The molecule has 154 valence electrons. The standard InChI is InChI=1S/C20H41N5.HI/c1-17(2)24-11-9-10-18(15-24)14-22-19(21-5)23-16-20(3,4)25-12-7-6-8-13-25;/h17-18H,6-16H2,1-5H3,(H2,21,22,23);1H. The van der Waals surface area contributed by atoms with E-state index in [0.29, 0.717) is 6.04 Å². The Morgan fingerprint density at radius 2 is 1.77 bits per heavy atom. The van der Waals surface area contributed by atoms with Crippen LogP contribution in [0.25, 0.3) is 0 Å². The Kier molecular flexibility index (Phi) is 10.8. The summed E-state index contributed by atoms with van der Waals surface area (Å²) in [7, 11) is 1.88. The quantitative estimate of drug-likeness (QED) is 0.349. The second-order valence-electron chi connectivity index (χ2n) is 8.76. The Hall–Kier alpha value is -0.0800. The van der Waals surface area contributed by atoms with Gasteiger partial charge in [0.25, 0.3) is 0 Å². The molecule has 0 saturated carbocycles. The summed E-state index contributed by atoms with van der Waals surface area (Å²) in [6, 6.07) is 0.658. The summed E-state index contributed by atoms with van der Waals surface area (Å²) < 4.78 is 0. The van der Waals surface area contributed by atoms with Gasteiger partial charge in [-0.1, -0.05) is 6.42 Å². The summed E-state index contributed by atoms with van der Waals surface area (Å²) in [6.45, 7) is 16.2. The van der Waals surface area contributed by atoms with Crippen LogP contribution in [0.4, 0.5) is 0 Å². The molecule has 0 aromatic rings. The van der Waals surface area contributed by atoms with Crippen LogP contribution in [0, 0.1) is 5.92 Å². The lowest BCUT2D eigenvalue weighted by Crippen LogP contribution is -2.55. The molecule has 26 heavy (non-hydrogen) atoms. The first-order chi connectivity index (χ1) is 11.9. The average molecular weight is 479 g/mol. The third-order valence-electron chi connectivity index (χ3n) is 5.96. The van der Waals surface area contributed by atoms with Gasteiger partial charge in [-0.15, -0.1) is 24.0 Å². The van der Waals surface area contributed by atoms with Crippen molar-refractivity contribution in [2.45, 2.75) is 71.4 Å². The van der Waals surface area contributed by atoms with Crippen LogP contribution < -0.4 is 10.6 Å². The molecule has 2 saturated heterocycles. The molecule has 2 heterocycles. The highest BCUT2D eigenvalue weighted by Crippen LogP contribution is 2.20. The Morgan fingerprint density at radius 1 is 1.08 bits per heavy atom. The number of aliphatic imine (C=N–C) groups is 1. The number of hydrogen-bond acceptors (Lipinski definition) is 3. The van der Waals surface area contributed by atoms with Crippen LogP contribution in [0.2, 0.25) is 0 Å². The normalized spacial score (nSPS) is 23.6. The van der Waals surface area contributed by atoms with Crippen molar-refractivity contribution in [3.8, 4) is 0 Å². The number of guanidine groups is 1. The molecule has 0 radical (unpaired) electrons. The fourth-order valence-electron chi connectivity index (χ4n) is 4.11. The van der Waals surface area contributed by atoms with Crippen LogP contribution in [0.3, 0.4) is 0 Å². The van der Waals surface area contributed by atoms with E-state index in [1.807, 2.05) is 7.05 Å². The molecular formula is C20H42IN5. The molecule has 0 spiro atoms. The van der Waals surface area contributed by atoms with E-state index in [1.54, 1.807) is 0 Å². The smallest absolute Gasteiger partial charge is 0.191 e. The molecule has 2 N–H and O–H groups in total. The molecule has 0 aromatic heterocycles. The number of nitrogens with zero attached hydrogens (tertiary/aromatic N) is 3. The first-order valence-electron chi connectivity index (χ1n) is 10.4. The van der Waals surface area contributed by atoms with Crippen LogP contribution >= 0.6 is 24.0 Å². The molecule has 1 atom stereocenters. The second kappa shape index (κ2) is 11.7. The molecule has 1 unspecified atom stereocenters. The number of nitrogens with one attached hydrogen (secondary N) is 2. The zero-order chi connectivity index (χ0) is 18.3. The highest BCUT2D eigenvalue weighted by Gasteiger charge is 2.28. The summed E-state index contributed by atoms with van der Waals surface area (Å²) in [6.07, 6.45) is 6.71. The highest BCUT2D eigenvalue weighted by molar-refractivity contribution is 14.0. The van der Waals surface area contributed by atoms with Crippen molar-refractivity contribution in [2.24, 2.45) is 10.9 Å². The Balaban J connectivity index is 0.00000338. The minimum absolute atomic E-state index is 0. The lowest BCUT2D eigenvalue weighted by molar-refractivity contribution is 0.0981. The van der Waals surface area contributed by atoms with Gasteiger partial charge in [-0.25, -0.2) is 0 Å². The van der Waals surface area contributed by atoms with Gasteiger partial charge in [0.15, 0.2) is 5.96 Å². The molecule has 2 fully saturated rings. The first-order valence-corrected chi connectivity index (χ1v) is 10.4. The first kappa shape index (κ1) is 24.0. The zero-order valence-electron chi connectivity index (χ0n) is 17.7. The molecule has 5 nitrogen and oxygen atoms in total. The van der Waals surface area contributed by atoms with Gasteiger partial charge in [0.05, 0.1) is 0 Å². The van der Waals surface area contributed by atoms with E-state index in [4.69, 9.17) is 0 Å². The monoisotopic (exact) mass is 479 g/mol. The third kappa shape index (κ3) is 7.50. The number of halogens is 1. The number of rotatable bonds is 6. The maximum absolute atomic E-state index is 4.44. The predicted molar refractivity (Wildman–Crippen MR) is 124 cm³/mol. The van der Waals surface area contributed by atoms with E-state index in [-0.39, 0.29) is 29.5 Å². The molecule has 0 aromatic carbocycles. The fraction of sp³-hybridized carbons (Fsp3) is 0.950. The van der Waals surface area contributed by atoms with Gasteiger partial charge < -0.3 is 15.5 Å². The third-order valence-corrected chi connectivity index (χ3v) is 5.96. The van der Waals surface area contributed by atoms with Crippen molar-refractivity contribution in [1.82, 2.24) is 20.4 Å². The van der Waals surface area contributed by atoms with E-state index >= 15 is 0 Å². The molecule has 2 aliphatic heterocycles. The largest absolute Gasteiger partial charge is 0.356 e.